The van der Waals surface area contributed by atoms with Gasteiger partial charge in [0.2, 0.25) is 5.91 Å². The van der Waals surface area contributed by atoms with E-state index in [2.05, 4.69) is 22.2 Å². The van der Waals surface area contributed by atoms with Crippen LogP contribution in [0.2, 0.25) is 0 Å². The summed E-state index contributed by atoms with van der Waals surface area (Å²) < 4.78 is 0. The number of amides is 1. The minimum absolute atomic E-state index is 0.0735. The first kappa shape index (κ1) is 16.9. The molecule has 0 radical (unpaired) electrons. The Bertz CT molecular complexity index is 317. The molecule has 1 heterocycles. The number of carboxylic acid groups (broad SMARTS) is 1. The van der Waals surface area contributed by atoms with Crippen molar-refractivity contribution in [3.05, 3.63) is 0 Å². The van der Waals surface area contributed by atoms with Crippen molar-refractivity contribution in [2.45, 2.75) is 25.3 Å². The summed E-state index contributed by atoms with van der Waals surface area (Å²) in [6, 6.07) is -0.727. The Morgan fingerprint density at radius 1 is 1.30 bits per heavy atom. The van der Waals surface area contributed by atoms with E-state index < -0.39 is 12.0 Å². The first-order valence-electron chi connectivity index (χ1n) is 7.15. The number of nitrogens with one attached hydrogen (secondary N) is 1. The standard InChI is InChI=1S/C13H26N4O3/c1-16-7-9-17(10-8-16)6-2-5-15-13(20)11(14)3-4-12(18)19/h11H,2-10,14H2,1H3,(H,15,20)(H,18,19). The molecule has 1 aliphatic rings. The van der Waals surface area contributed by atoms with Crippen molar-refractivity contribution in [1.29, 1.82) is 0 Å². The number of piperazine rings is 1. The summed E-state index contributed by atoms with van der Waals surface area (Å²) in [7, 11) is 2.12. The van der Waals surface area contributed by atoms with E-state index in [4.69, 9.17) is 10.8 Å². The molecule has 7 heteroatoms. The highest BCUT2D eigenvalue weighted by Gasteiger charge is 2.15. The Hall–Kier alpha value is -1.18. The Morgan fingerprint density at radius 3 is 2.55 bits per heavy atom. The van der Waals surface area contributed by atoms with E-state index in [1.807, 2.05) is 0 Å². The maximum atomic E-state index is 11.6. The Morgan fingerprint density at radius 2 is 1.95 bits per heavy atom. The quantitative estimate of drug-likeness (QED) is 0.492. The van der Waals surface area contributed by atoms with Gasteiger partial charge in [0.15, 0.2) is 0 Å². The molecule has 7 nitrogen and oxygen atoms in total. The smallest absolute Gasteiger partial charge is 0.303 e. The Balaban J connectivity index is 2.05. The van der Waals surface area contributed by atoms with Crippen molar-refractivity contribution in [2.24, 2.45) is 5.73 Å². The third-order valence-electron chi connectivity index (χ3n) is 3.55. The number of aliphatic carboxylic acids is 1. The third kappa shape index (κ3) is 6.83. The van der Waals surface area contributed by atoms with Crippen molar-refractivity contribution in [1.82, 2.24) is 15.1 Å². The second-order valence-corrected chi connectivity index (χ2v) is 5.33. The molecule has 0 aromatic heterocycles. The molecule has 0 saturated carbocycles. The molecule has 4 N–H and O–H groups in total. The molecule has 1 aliphatic heterocycles. The summed E-state index contributed by atoms with van der Waals surface area (Å²) in [6.45, 7) is 5.88. The Kier molecular flexibility index (Phi) is 7.50. The molecule has 1 unspecified atom stereocenters. The molecule has 116 valence electrons. The number of hydrogen-bond donors (Lipinski definition) is 3. The lowest BCUT2D eigenvalue weighted by atomic mass is 10.1. The van der Waals surface area contributed by atoms with Crippen molar-refractivity contribution >= 4 is 11.9 Å². The van der Waals surface area contributed by atoms with Crippen LogP contribution in [0.5, 0.6) is 0 Å². The van der Waals surface area contributed by atoms with Gasteiger partial charge in [0, 0.05) is 39.1 Å². The van der Waals surface area contributed by atoms with Gasteiger partial charge in [0.1, 0.15) is 0 Å². The SMILES string of the molecule is CN1CCN(CCCNC(=O)C(N)CCC(=O)O)CC1. The van der Waals surface area contributed by atoms with E-state index in [0.29, 0.717) is 6.54 Å². The Labute approximate surface area is 120 Å². The van der Waals surface area contributed by atoms with Gasteiger partial charge in [-0.15, -0.1) is 0 Å². The van der Waals surface area contributed by atoms with Crippen LogP contribution in [0.1, 0.15) is 19.3 Å². The minimum Gasteiger partial charge on any atom is -0.481 e. The first-order valence-corrected chi connectivity index (χ1v) is 7.15. The fourth-order valence-electron chi connectivity index (χ4n) is 2.13. The van der Waals surface area contributed by atoms with E-state index in [1.165, 1.54) is 0 Å². The average Bonchev–Trinajstić information content (AvgIpc) is 2.42. The van der Waals surface area contributed by atoms with Crippen LogP contribution in [0.4, 0.5) is 0 Å². The third-order valence-corrected chi connectivity index (χ3v) is 3.55. The second kappa shape index (κ2) is 8.89. The van der Waals surface area contributed by atoms with Crippen molar-refractivity contribution < 1.29 is 14.7 Å². The second-order valence-electron chi connectivity index (χ2n) is 5.33. The molecule has 0 spiro atoms. The topological polar surface area (TPSA) is 98.9 Å². The van der Waals surface area contributed by atoms with Crippen molar-refractivity contribution in [3.63, 3.8) is 0 Å². The van der Waals surface area contributed by atoms with Gasteiger partial charge in [-0.3, -0.25) is 9.59 Å². The van der Waals surface area contributed by atoms with Crippen LogP contribution in [0.3, 0.4) is 0 Å². The molecule has 20 heavy (non-hydrogen) atoms. The molecule has 0 aromatic carbocycles. The summed E-state index contributed by atoms with van der Waals surface area (Å²) in [5, 5.41) is 11.3. The molecular formula is C13H26N4O3. The summed E-state index contributed by atoms with van der Waals surface area (Å²) in [5.74, 6) is -1.19. The van der Waals surface area contributed by atoms with Crippen molar-refractivity contribution in [2.75, 3.05) is 46.3 Å². The number of carbonyl (C=O) groups excluding carboxylic acids is 1. The van der Waals surface area contributed by atoms with E-state index in [-0.39, 0.29) is 18.7 Å². The number of carboxylic acids is 1. The number of rotatable bonds is 8. The zero-order valence-corrected chi connectivity index (χ0v) is 12.2. The summed E-state index contributed by atoms with van der Waals surface area (Å²) in [5.41, 5.74) is 5.61. The molecule has 1 fully saturated rings. The number of nitrogens with two attached hydrogens (primary N) is 1. The van der Waals surface area contributed by atoms with Crippen LogP contribution < -0.4 is 11.1 Å². The fourth-order valence-corrected chi connectivity index (χ4v) is 2.13. The van der Waals surface area contributed by atoms with E-state index in [0.717, 1.165) is 39.1 Å². The van der Waals surface area contributed by atoms with Gasteiger partial charge in [-0.1, -0.05) is 0 Å². The fraction of sp³-hybridized carbons (Fsp3) is 0.846. The lowest BCUT2D eigenvalue weighted by Crippen LogP contribution is -2.45. The van der Waals surface area contributed by atoms with Crippen LogP contribution >= 0.6 is 0 Å². The predicted molar refractivity (Wildman–Crippen MR) is 76.4 cm³/mol. The van der Waals surface area contributed by atoms with Gasteiger partial charge in [0.05, 0.1) is 6.04 Å². The highest BCUT2D eigenvalue weighted by Crippen LogP contribution is 2.00. The number of nitrogens with zero attached hydrogens (tertiary/aromatic N) is 2. The monoisotopic (exact) mass is 286 g/mol. The number of carbonyl (C=O) groups is 2. The number of hydrogen-bond acceptors (Lipinski definition) is 5. The molecule has 1 atom stereocenters. The lowest BCUT2D eigenvalue weighted by molar-refractivity contribution is -0.137. The summed E-state index contributed by atoms with van der Waals surface area (Å²) in [6.07, 6.45) is 0.997. The number of likely N-dealkylation sites (N-methyl/N-ethyl adjacent to an activating group) is 1. The normalized spacial score (nSPS) is 18.7. The highest BCUT2D eigenvalue weighted by atomic mass is 16.4. The molecular weight excluding hydrogens is 260 g/mol. The first-order chi connectivity index (χ1) is 9.49. The van der Waals surface area contributed by atoms with Gasteiger partial charge < -0.3 is 26.0 Å². The largest absolute Gasteiger partial charge is 0.481 e. The average molecular weight is 286 g/mol. The highest BCUT2D eigenvalue weighted by molar-refractivity contribution is 5.82. The van der Waals surface area contributed by atoms with Crippen molar-refractivity contribution in [3.8, 4) is 0 Å². The van der Waals surface area contributed by atoms with Crippen LogP contribution in [-0.4, -0.2) is 79.1 Å². The zero-order chi connectivity index (χ0) is 15.0. The maximum Gasteiger partial charge on any atom is 0.303 e. The van der Waals surface area contributed by atoms with Crippen LogP contribution in [0, 0.1) is 0 Å². The zero-order valence-electron chi connectivity index (χ0n) is 12.2. The van der Waals surface area contributed by atoms with Gasteiger partial charge in [-0.25, -0.2) is 0 Å². The molecule has 0 aliphatic carbocycles. The summed E-state index contributed by atoms with van der Waals surface area (Å²) >= 11 is 0. The summed E-state index contributed by atoms with van der Waals surface area (Å²) in [4.78, 5) is 26.7. The van der Waals surface area contributed by atoms with E-state index in [1.54, 1.807) is 0 Å². The van der Waals surface area contributed by atoms with Gasteiger partial charge in [0.25, 0.3) is 0 Å². The maximum absolute atomic E-state index is 11.6. The van der Waals surface area contributed by atoms with E-state index in [9.17, 15) is 9.59 Å². The van der Waals surface area contributed by atoms with Crippen LogP contribution in [-0.2, 0) is 9.59 Å². The molecule has 0 bridgehead atoms. The predicted octanol–water partition coefficient (Wildman–Crippen LogP) is -1.07. The van der Waals surface area contributed by atoms with Gasteiger partial charge in [-0.05, 0) is 26.4 Å². The van der Waals surface area contributed by atoms with Gasteiger partial charge >= 0.3 is 5.97 Å². The molecule has 1 amide bonds. The molecule has 1 saturated heterocycles. The van der Waals surface area contributed by atoms with Gasteiger partial charge in [-0.2, -0.15) is 0 Å². The van der Waals surface area contributed by atoms with Crippen LogP contribution in [0.25, 0.3) is 0 Å². The lowest BCUT2D eigenvalue weighted by Gasteiger charge is -2.32. The minimum atomic E-state index is -0.927. The molecule has 0 aromatic rings. The van der Waals surface area contributed by atoms with E-state index >= 15 is 0 Å². The molecule has 1 rings (SSSR count). The van der Waals surface area contributed by atoms with Crippen LogP contribution in [0.15, 0.2) is 0 Å².